The van der Waals surface area contributed by atoms with E-state index in [0.29, 0.717) is 0 Å². The van der Waals surface area contributed by atoms with E-state index in [1.807, 2.05) is 0 Å². The summed E-state index contributed by atoms with van der Waals surface area (Å²) in [6.45, 7) is 3.50. The van der Waals surface area contributed by atoms with E-state index >= 15 is 0 Å². The van der Waals surface area contributed by atoms with Gasteiger partial charge < -0.3 is 15.7 Å². The van der Waals surface area contributed by atoms with E-state index in [1.165, 1.54) is 4.90 Å². The number of carbonyl (C=O) groups is 2. The number of carboxylic acids is 1. The molecule has 3 N–H and O–H groups in total. The first-order valence-corrected chi connectivity index (χ1v) is 5.11. The van der Waals surface area contributed by atoms with E-state index in [1.54, 1.807) is 13.8 Å². The zero-order chi connectivity index (χ0) is 11.6. The van der Waals surface area contributed by atoms with Crippen molar-refractivity contribution in [1.29, 1.82) is 0 Å². The lowest BCUT2D eigenvalue weighted by molar-refractivity contribution is -0.149. The van der Waals surface area contributed by atoms with Crippen LogP contribution in [0.2, 0.25) is 0 Å². The topological polar surface area (TPSA) is 83.6 Å². The number of hydrogen-bond acceptors (Lipinski definition) is 3. The molecule has 0 bridgehead atoms. The maximum absolute atomic E-state index is 12.0. The minimum atomic E-state index is -0.969. The molecule has 0 aromatic heterocycles. The molecule has 86 valence electrons. The zero-order valence-corrected chi connectivity index (χ0v) is 9.19. The van der Waals surface area contributed by atoms with Crippen molar-refractivity contribution in [2.75, 3.05) is 13.1 Å². The summed E-state index contributed by atoms with van der Waals surface area (Å²) in [6.07, 6.45) is 1.80. The Morgan fingerprint density at radius 1 is 1.47 bits per heavy atom. The number of hydrogen-bond donors (Lipinski definition) is 2. The molecule has 0 saturated heterocycles. The van der Waals surface area contributed by atoms with Gasteiger partial charge in [0.05, 0.1) is 5.41 Å². The lowest BCUT2D eigenvalue weighted by Crippen LogP contribution is -2.47. The monoisotopic (exact) mass is 214 g/mol. The Morgan fingerprint density at radius 2 is 2.00 bits per heavy atom. The molecule has 1 fully saturated rings. The summed E-state index contributed by atoms with van der Waals surface area (Å²) >= 11 is 0. The molecular weight excluding hydrogens is 196 g/mol. The lowest BCUT2D eigenvalue weighted by atomic mass is 9.91. The molecule has 1 aliphatic rings. The Morgan fingerprint density at radius 3 is 2.33 bits per heavy atom. The molecule has 0 radical (unpaired) electrons. The van der Waals surface area contributed by atoms with Crippen LogP contribution in [0.3, 0.4) is 0 Å². The molecule has 0 aromatic carbocycles. The highest BCUT2D eigenvalue weighted by atomic mass is 16.4. The summed E-state index contributed by atoms with van der Waals surface area (Å²) in [5, 5.41) is 8.72. The average molecular weight is 214 g/mol. The number of aliphatic carboxylic acids is 1. The van der Waals surface area contributed by atoms with Crippen molar-refractivity contribution >= 4 is 11.9 Å². The molecule has 0 aromatic rings. The van der Waals surface area contributed by atoms with Crippen LogP contribution in [0.1, 0.15) is 26.7 Å². The van der Waals surface area contributed by atoms with E-state index in [2.05, 4.69) is 0 Å². The van der Waals surface area contributed by atoms with Gasteiger partial charge in [0.1, 0.15) is 6.54 Å². The van der Waals surface area contributed by atoms with Crippen molar-refractivity contribution in [2.45, 2.75) is 32.7 Å². The second-order valence-electron chi connectivity index (χ2n) is 4.65. The summed E-state index contributed by atoms with van der Waals surface area (Å²) in [5.41, 5.74) is 4.83. The zero-order valence-electron chi connectivity index (χ0n) is 9.19. The lowest BCUT2D eigenvalue weighted by Gasteiger charge is -2.30. The van der Waals surface area contributed by atoms with Crippen LogP contribution < -0.4 is 5.73 Å². The second kappa shape index (κ2) is 4.18. The highest BCUT2D eigenvalue weighted by Gasteiger charge is 2.39. The van der Waals surface area contributed by atoms with Crippen LogP contribution in [0.15, 0.2) is 0 Å². The molecular formula is C10H18N2O3. The van der Waals surface area contributed by atoms with Crippen molar-refractivity contribution in [3.63, 3.8) is 0 Å². The highest BCUT2D eigenvalue weighted by molar-refractivity contribution is 5.86. The van der Waals surface area contributed by atoms with Gasteiger partial charge in [0, 0.05) is 12.6 Å². The number of nitrogens with two attached hydrogens (primary N) is 1. The van der Waals surface area contributed by atoms with Gasteiger partial charge in [0.25, 0.3) is 0 Å². The number of amides is 1. The Balaban J connectivity index is 2.71. The quantitative estimate of drug-likeness (QED) is 0.677. The Kier molecular flexibility index (Phi) is 3.34. The highest BCUT2D eigenvalue weighted by Crippen LogP contribution is 2.30. The number of carboxylic acid groups (broad SMARTS) is 1. The first-order chi connectivity index (χ1) is 6.88. The third-order valence-electron chi connectivity index (χ3n) is 2.64. The van der Waals surface area contributed by atoms with Crippen LogP contribution in [0.5, 0.6) is 0 Å². The van der Waals surface area contributed by atoms with E-state index in [0.717, 1.165) is 12.8 Å². The van der Waals surface area contributed by atoms with E-state index < -0.39 is 11.4 Å². The molecule has 5 heteroatoms. The largest absolute Gasteiger partial charge is 0.480 e. The van der Waals surface area contributed by atoms with Crippen molar-refractivity contribution in [1.82, 2.24) is 4.90 Å². The maximum atomic E-state index is 12.0. The fourth-order valence-corrected chi connectivity index (χ4v) is 1.37. The summed E-state index contributed by atoms with van der Waals surface area (Å²) in [6, 6.07) is 0.111. The standard InChI is InChI=1S/C10H18N2O3/c1-10(2,6-11)9(15)12(5-8(13)14)7-3-4-7/h7H,3-6,11H2,1-2H3,(H,13,14). The van der Waals surface area contributed by atoms with Crippen LogP contribution in [-0.2, 0) is 9.59 Å². The van der Waals surface area contributed by atoms with Crippen LogP contribution >= 0.6 is 0 Å². The van der Waals surface area contributed by atoms with Gasteiger partial charge in [-0.2, -0.15) is 0 Å². The molecule has 1 saturated carbocycles. The van der Waals surface area contributed by atoms with Crippen molar-refractivity contribution < 1.29 is 14.7 Å². The van der Waals surface area contributed by atoms with Crippen molar-refractivity contribution in [3.05, 3.63) is 0 Å². The van der Waals surface area contributed by atoms with Gasteiger partial charge in [-0.1, -0.05) is 0 Å². The Labute approximate surface area is 89.2 Å². The molecule has 0 unspecified atom stereocenters. The van der Waals surface area contributed by atoms with Gasteiger partial charge in [-0.3, -0.25) is 9.59 Å². The SMILES string of the molecule is CC(C)(CN)C(=O)N(CC(=O)O)C1CC1. The van der Waals surface area contributed by atoms with E-state index in [-0.39, 0.29) is 25.0 Å². The second-order valence-corrected chi connectivity index (χ2v) is 4.65. The maximum Gasteiger partial charge on any atom is 0.323 e. The summed E-state index contributed by atoms with van der Waals surface area (Å²) < 4.78 is 0. The molecule has 0 heterocycles. The van der Waals surface area contributed by atoms with E-state index in [9.17, 15) is 9.59 Å². The first kappa shape index (κ1) is 12.0. The summed E-state index contributed by atoms with van der Waals surface area (Å²) in [5.74, 6) is -1.13. The molecule has 0 atom stereocenters. The predicted octanol–water partition coefficient (Wildman–Crippen LogP) is 0.0469. The van der Waals surface area contributed by atoms with Gasteiger partial charge >= 0.3 is 5.97 Å². The van der Waals surface area contributed by atoms with Crippen LogP contribution in [0.25, 0.3) is 0 Å². The minimum Gasteiger partial charge on any atom is -0.480 e. The van der Waals surface area contributed by atoms with Gasteiger partial charge in [-0.15, -0.1) is 0 Å². The predicted molar refractivity (Wildman–Crippen MR) is 55.2 cm³/mol. The molecule has 1 aliphatic carbocycles. The summed E-state index contributed by atoms with van der Waals surface area (Å²) in [4.78, 5) is 24.1. The third kappa shape index (κ3) is 2.92. The number of carbonyl (C=O) groups excluding carboxylic acids is 1. The van der Waals surface area contributed by atoms with Crippen LogP contribution in [0, 0.1) is 5.41 Å². The minimum absolute atomic E-state index is 0.111. The number of rotatable bonds is 5. The molecule has 0 spiro atoms. The van der Waals surface area contributed by atoms with Gasteiger partial charge in [-0.05, 0) is 26.7 Å². The molecule has 0 aliphatic heterocycles. The fraction of sp³-hybridized carbons (Fsp3) is 0.800. The average Bonchev–Trinajstić information content (AvgIpc) is 2.96. The van der Waals surface area contributed by atoms with Crippen molar-refractivity contribution in [3.8, 4) is 0 Å². The van der Waals surface area contributed by atoms with Crippen molar-refractivity contribution in [2.24, 2.45) is 11.1 Å². The van der Waals surface area contributed by atoms with Gasteiger partial charge in [0.2, 0.25) is 5.91 Å². The first-order valence-electron chi connectivity index (χ1n) is 5.11. The molecule has 5 nitrogen and oxygen atoms in total. The van der Waals surface area contributed by atoms with Gasteiger partial charge in [0.15, 0.2) is 0 Å². The number of nitrogens with zero attached hydrogens (tertiary/aromatic N) is 1. The smallest absolute Gasteiger partial charge is 0.323 e. The molecule has 15 heavy (non-hydrogen) atoms. The Bertz CT molecular complexity index is 272. The van der Waals surface area contributed by atoms with Crippen LogP contribution in [-0.4, -0.2) is 41.0 Å². The molecule has 1 rings (SSSR count). The Hall–Kier alpha value is -1.10. The van der Waals surface area contributed by atoms with E-state index in [4.69, 9.17) is 10.8 Å². The fourth-order valence-electron chi connectivity index (χ4n) is 1.37. The van der Waals surface area contributed by atoms with Gasteiger partial charge in [-0.25, -0.2) is 0 Å². The van der Waals surface area contributed by atoms with Crippen LogP contribution in [0.4, 0.5) is 0 Å². The normalized spacial score (nSPS) is 16.2. The molecule has 1 amide bonds. The third-order valence-corrected chi connectivity index (χ3v) is 2.64. The summed E-state index contributed by atoms with van der Waals surface area (Å²) in [7, 11) is 0.